The van der Waals surface area contributed by atoms with Crippen molar-refractivity contribution in [1.29, 1.82) is 0 Å². The van der Waals surface area contributed by atoms with Gasteiger partial charge >= 0.3 is 5.97 Å². The van der Waals surface area contributed by atoms with Gasteiger partial charge < -0.3 is 9.67 Å². The normalized spacial score (nSPS) is 30.3. The average Bonchev–Trinajstić information content (AvgIpc) is 2.93. The quantitative estimate of drug-likeness (QED) is 0.496. The van der Waals surface area contributed by atoms with Gasteiger partial charge in [0.1, 0.15) is 6.54 Å². The molecule has 2 aliphatic carbocycles. The van der Waals surface area contributed by atoms with E-state index in [1.807, 2.05) is 28.8 Å². The second-order valence-corrected chi connectivity index (χ2v) is 12.7. The number of piperidine rings is 2. The molecule has 0 amide bonds. The zero-order chi connectivity index (χ0) is 27.4. The van der Waals surface area contributed by atoms with E-state index >= 15 is 0 Å². The molecule has 210 valence electrons. The van der Waals surface area contributed by atoms with Crippen LogP contribution in [-0.2, 0) is 11.3 Å². The number of pyridine rings is 1. The minimum atomic E-state index is -1.14. The second kappa shape index (κ2) is 10.3. The molecule has 2 aliphatic heterocycles. The predicted molar refractivity (Wildman–Crippen MR) is 153 cm³/mol. The number of carboxylic acids is 1. The number of para-hydroxylation sites is 2. The highest BCUT2D eigenvalue weighted by atomic mass is 16.4. The van der Waals surface area contributed by atoms with Crippen molar-refractivity contribution in [2.45, 2.75) is 101 Å². The highest BCUT2D eigenvalue weighted by molar-refractivity contribution is 5.78. The van der Waals surface area contributed by atoms with Crippen LogP contribution in [0.5, 0.6) is 0 Å². The first-order valence-corrected chi connectivity index (χ1v) is 15.2. The molecule has 40 heavy (non-hydrogen) atoms. The molecule has 6 atom stereocenters. The fourth-order valence-corrected chi connectivity index (χ4v) is 8.84. The Kier molecular flexibility index (Phi) is 6.61. The van der Waals surface area contributed by atoms with E-state index in [4.69, 9.17) is 4.98 Å². The van der Waals surface area contributed by atoms with E-state index in [9.17, 15) is 19.5 Å². The molecule has 7 rings (SSSR count). The van der Waals surface area contributed by atoms with Gasteiger partial charge in [0.2, 0.25) is 0 Å². The molecule has 4 aliphatic rings. The SMILES string of the molecule is O=C(O)Cn1c(-c2nc3ccccc3n([C@H]3C[C@H]4CCC[C@@H](C3)N4[C@H]3C[C@@H]4CCC[C@@H](C4)C3)c2=O)cccc1=O. The second-order valence-electron chi connectivity index (χ2n) is 12.7. The van der Waals surface area contributed by atoms with E-state index in [1.165, 1.54) is 63.9 Å². The van der Waals surface area contributed by atoms with E-state index in [2.05, 4.69) is 4.90 Å². The largest absolute Gasteiger partial charge is 0.480 e. The zero-order valence-corrected chi connectivity index (χ0v) is 23.0. The molecule has 1 N–H and O–H groups in total. The molecule has 2 saturated heterocycles. The lowest BCUT2D eigenvalue weighted by atomic mass is 9.68. The molecular weight excluding hydrogens is 504 g/mol. The van der Waals surface area contributed by atoms with Crippen LogP contribution in [0.25, 0.3) is 22.4 Å². The standard InChI is InChI=1S/C32H38N4O4/c37-29-13-5-12-28(34(29)19-30(38)39)31-32(40)36(27-11-2-1-10-26(27)33-31)25-17-22-8-4-9-23(18-25)35(22)24-15-20-6-3-7-21(14-20)16-24/h1-2,5,10-13,20-25H,3-4,6-9,14-19H2,(H,38,39)/t20-,21+,22-,23+,24+,25+. The van der Waals surface area contributed by atoms with Crippen molar-refractivity contribution in [2.75, 3.05) is 0 Å². The van der Waals surface area contributed by atoms with Crippen molar-refractivity contribution >= 4 is 17.0 Å². The van der Waals surface area contributed by atoms with E-state index < -0.39 is 18.1 Å². The van der Waals surface area contributed by atoms with Gasteiger partial charge in [-0.25, -0.2) is 4.98 Å². The third-order valence-electron chi connectivity index (χ3n) is 10.3. The van der Waals surface area contributed by atoms with Crippen molar-refractivity contribution in [3.63, 3.8) is 0 Å². The molecule has 2 saturated carbocycles. The molecule has 4 fully saturated rings. The summed E-state index contributed by atoms with van der Waals surface area (Å²) in [6.07, 6.45) is 13.8. The minimum absolute atomic E-state index is 0.0390. The van der Waals surface area contributed by atoms with Crippen LogP contribution in [-0.4, -0.2) is 48.2 Å². The maximum absolute atomic E-state index is 14.3. The van der Waals surface area contributed by atoms with Crippen LogP contribution in [0, 0.1) is 11.8 Å². The summed E-state index contributed by atoms with van der Waals surface area (Å²) >= 11 is 0. The fourth-order valence-electron chi connectivity index (χ4n) is 8.84. The van der Waals surface area contributed by atoms with Crippen molar-refractivity contribution in [3.8, 4) is 11.4 Å². The lowest BCUT2D eigenvalue weighted by molar-refractivity contribution is -0.137. The summed E-state index contributed by atoms with van der Waals surface area (Å²) in [6.45, 7) is -0.519. The monoisotopic (exact) mass is 542 g/mol. The van der Waals surface area contributed by atoms with Gasteiger partial charge in [0.25, 0.3) is 11.1 Å². The van der Waals surface area contributed by atoms with Gasteiger partial charge in [-0.15, -0.1) is 0 Å². The van der Waals surface area contributed by atoms with Gasteiger partial charge in [-0.1, -0.05) is 43.9 Å². The molecule has 0 radical (unpaired) electrons. The zero-order valence-electron chi connectivity index (χ0n) is 23.0. The first-order valence-electron chi connectivity index (χ1n) is 15.2. The molecule has 8 heteroatoms. The number of aromatic nitrogens is 3. The average molecular weight is 543 g/mol. The summed E-state index contributed by atoms with van der Waals surface area (Å²) in [7, 11) is 0. The molecule has 0 unspecified atom stereocenters. The smallest absolute Gasteiger partial charge is 0.323 e. The molecule has 1 aromatic carbocycles. The van der Waals surface area contributed by atoms with Crippen LogP contribution < -0.4 is 11.1 Å². The summed E-state index contributed by atoms with van der Waals surface area (Å²) in [5, 5.41) is 9.47. The number of rotatable bonds is 5. The number of aliphatic carboxylic acids is 1. The Hall–Kier alpha value is -3.26. The summed E-state index contributed by atoms with van der Waals surface area (Å²) in [4.78, 5) is 46.1. The highest BCUT2D eigenvalue weighted by Crippen LogP contribution is 2.47. The Morgan fingerprint density at radius 1 is 0.800 bits per heavy atom. The molecule has 2 aromatic heterocycles. The topological polar surface area (TPSA) is 97.4 Å². The highest BCUT2D eigenvalue weighted by Gasteiger charge is 2.45. The van der Waals surface area contributed by atoms with E-state index in [1.54, 1.807) is 12.1 Å². The lowest BCUT2D eigenvalue weighted by Crippen LogP contribution is -2.58. The number of hydrogen-bond donors (Lipinski definition) is 1. The number of nitrogens with zero attached hydrogens (tertiary/aromatic N) is 4. The molecule has 4 heterocycles. The van der Waals surface area contributed by atoms with E-state index in [-0.39, 0.29) is 23.0 Å². The third kappa shape index (κ3) is 4.50. The number of carboxylic acid groups (broad SMARTS) is 1. The third-order valence-corrected chi connectivity index (χ3v) is 10.3. The number of hydrogen-bond acceptors (Lipinski definition) is 5. The fraction of sp³-hybridized carbons (Fsp3) is 0.562. The Morgan fingerprint density at radius 2 is 1.50 bits per heavy atom. The minimum Gasteiger partial charge on any atom is -0.480 e. The molecule has 0 spiro atoms. The lowest BCUT2D eigenvalue weighted by Gasteiger charge is -2.55. The van der Waals surface area contributed by atoms with Gasteiger partial charge in [0.05, 0.1) is 16.7 Å². The van der Waals surface area contributed by atoms with Gasteiger partial charge in [0.15, 0.2) is 5.69 Å². The molecule has 4 bridgehead atoms. The van der Waals surface area contributed by atoms with Crippen LogP contribution in [0.2, 0.25) is 0 Å². The van der Waals surface area contributed by atoms with Gasteiger partial charge in [-0.2, -0.15) is 0 Å². The first-order chi connectivity index (χ1) is 19.5. The molecular formula is C32H38N4O4. The van der Waals surface area contributed by atoms with Crippen LogP contribution >= 0.6 is 0 Å². The van der Waals surface area contributed by atoms with Crippen LogP contribution in [0.4, 0.5) is 0 Å². The van der Waals surface area contributed by atoms with E-state index in [0.29, 0.717) is 23.6 Å². The Morgan fingerprint density at radius 3 is 2.23 bits per heavy atom. The van der Waals surface area contributed by atoms with E-state index in [0.717, 1.165) is 34.8 Å². The Balaban J connectivity index is 1.29. The maximum atomic E-state index is 14.3. The Bertz CT molecular complexity index is 1530. The number of carbonyl (C=O) groups is 1. The maximum Gasteiger partial charge on any atom is 0.323 e. The van der Waals surface area contributed by atoms with Crippen molar-refractivity contribution in [3.05, 3.63) is 63.2 Å². The summed E-state index contributed by atoms with van der Waals surface area (Å²) in [5.41, 5.74) is 1.19. The number of benzene rings is 1. The van der Waals surface area contributed by atoms with Crippen LogP contribution in [0.15, 0.2) is 52.1 Å². The van der Waals surface area contributed by atoms with Crippen LogP contribution in [0.3, 0.4) is 0 Å². The Labute approximate surface area is 233 Å². The van der Waals surface area contributed by atoms with Gasteiger partial charge in [-0.05, 0) is 75.0 Å². The summed E-state index contributed by atoms with van der Waals surface area (Å²) < 4.78 is 3.07. The van der Waals surface area contributed by atoms with Gasteiger partial charge in [0, 0.05) is 30.2 Å². The van der Waals surface area contributed by atoms with Crippen LogP contribution in [0.1, 0.15) is 76.7 Å². The molecule has 8 nitrogen and oxygen atoms in total. The summed E-state index contributed by atoms with van der Waals surface area (Å²) in [6, 6.07) is 13.9. The first kappa shape index (κ1) is 25.7. The van der Waals surface area contributed by atoms with Gasteiger partial charge in [-0.3, -0.25) is 23.9 Å². The van der Waals surface area contributed by atoms with Crippen molar-refractivity contribution < 1.29 is 9.90 Å². The number of fused-ring (bicyclic) bond motifs is 5. The predicted octanol–water partition coefficient (Wildman–Crippen LogP) is 4.84. The molecule has 3 aromatic rings. The summed E-state index contributed by atoms with van der Waals surface area (Å²) in [5.74, 6) is 0.641. The van der Waals surface area contributed by atoms with Crippen molar-refractivity contribution in [1.82, 2.24) is 19.0 Å². The van der Waals surface area contributed by atoms with Crippen molar-refractivity contribution in [2.24, 2.45) is 11.8 Å².